The molecule has 0 fully saturated rings. The highest BCUT2D eigenvalue weighted by molar-refractivity contribution is 5.82. The Hall–Kier alpha value is -3.11. The molecule has 11 heteroatoms. The summed E-state index contributed by atoms with van der Waals surface area (Å²) in [6.07, 6.45) is -5.41. The summed E-state index contributed by atoms with van der Waals surface area (Å²) in [6, 6.07) is 6.68. The number of nitrogens with zero attached hydrogens (tertiary/aromatic N) is 2. The number of benzene rings is 2. The molecule has 0 amide bonds. The molecular weight excluding hydrogens is 415 g/mol. The molecule has 0 saturated carbocycles. The maximum atomic E-state index is 14.8. The number of rotatable bonds is 1. The molecule has 0 spiro atoms. The summed E-state index contributed by atoms with van der Waals surface area (Å²) in [4.78, 5) is 6.57. The normalized spacial score (nSPS) is 14.7. The highest BCUT2D eigenvalue weighted by atomic mass is 19.4. The predicted octanol–water partition coefficient (Wildman–Crippen LogP) is 5.84. The van der Waals surface area contributed by atoms with Crippen molar-refractivity contribution in [2.45, 2.75) is 12.1 Å². The van der Waals surface area contributed by atoms with Crippen molar-refractivity contribution < 1.29 is 39.5 Å². The molecule has 1 aromatic heterocycles. The first kappa shape index (κ1) is 19.2. The van der Waals surface area contributed by atoms with E-state index in [1.807, 2.05) is 0 Å². The van der Waals surface area contributed by atoms with Gasteiger partial charge in [0.05, 0.1) is 5.56 Å². The van der Waals surface area contributed by atoms with Crippen LogP contribution in [-0.4, -0.2) is 9.97 Å². The minimum Gasteiger partial charge on any atom is -0.226 e. The molecular formula is C18H5F9N2. The fraction of sp³-hybridized carbons (Fsp3) is 0.111. The summed E-state index contributed by atoms with van der Waals surface area (Å²) in [7, 11) is 0. The number of halogens is 9. The summed E-state index contributed by atoms with van der Waals surface area (Å²) in [5, 5.41) is 0. The van der Waals surface area contributed by atoms with Crippen molar-refractivity contribution in [3.63, 3.8) is 0 Å². The van der Waals surface area contributed by atoms with E-state index >= 15 is 0 Å². The van der Waals surface area contributed by atoms with E-state index in [1.54, 1.807) is 0 Å². The lowest BCUT2D eigenvalue weighted by molar-refractivity contribution is -0.140. The van der Waals surface area contributed by atoms with Crippen molar-refractivity contribution in [2.75, 3.05) is 0 Å². The maximum Gasteiger partial charge on any atom is 0.434 e. The van der Waals surface area contributed by atoms with Crippen molar-refractivity contribution in [2.24, 2.45) is 0 Å². The Kier molecular flexibility index (Phi) is 3.94. The van der Waals surface area contributed by atoms with Gasteiger partial charge in [-0.15, -0.1) is 0 Å². The number of hydrogen-bond donors (Lipinski definition) is 0. The van der Waals surface area contributed by atoms with Gasteiger partial charge in [-0.2, -0.15) is 22.0 Å². The van der Waals surface area contributed by atoms with Crippen LogP contribution in [0, 0.1) is 23.3 Å². The van der Waals surface area contributed by atoms with Crippen molar-refractivity contribution >= 4 is 0 Å². The van der Waals surface area contributed by atoms with Crippen LogP contribution in [0.3, 0.4) is 0 Å². The Labute approximate surface area is 155 Å². The van der Waals surface area contributed by atoms with Crippen LogP contribution >= 0.6 is 0 Å². The molecule has 0 atom stereocenters. The quantitative estimate of drug-likeness (QED) is 0.281. The van der Waals surface area contributed by atoms with E-state index < -0.39 is 69.3 Å². The first-order valence-electron chi connectivity index (χ1n) is 7.76. The molecule has 2 nitrogen and oxygen atoms in total. The highest BCUT2D eigenvalue weighted by Gasteiger charge is 2.55. The van der Waals surface area contributed by atoms with E-state index in [1.165, 1.54) is 30.3 Å². The lowest BCUT2D eigenvalue weighted by Crippen LogP contribution is -2.18. The minimum atomic E-state index is -5.41. The molecule has 1 aliphatic rings. The first-order chi connectivity index (χ1) is 13.5. The maximum absolute atomic E-state index is 14.8. The number of alkyl halides is 5. The fourth-order valence-electron chi connectivity index (χ4n) is 3.13. The Balaban J connectivity index is 2.17. The smallest absolute Gasteiger partial charge is 0.226 e. The van der Waals surface area contributed by atoms with Crippen LogP contribution < -0.4 is 0 Å². The van der Waals surface area contributed by atoms with Crippen molar-refractivity contribution in [3.8, 4) is 22.5 Å². The number of hydrogen-bond acceptors (Lipinski definition) is 2. The van der Waals surface area contributed by atoms with Crippen LogP contribution in [-0.2, 0) is 12.1 Å². The minimum absolute atomic E-state index is 0.0918. The van der Waals surface area contributed by atoms with Gasteiger partial charge >= 0.3 is 12.1 Å². The fourth-order valence-corrected chi connectivity index (χ4v) is 3.13. The zero-order valence-electron chi connectivity index (χ0n) is 13.7. The second-order valence-corrected chi connectivity index (χ2v) is 6.06. The van der Waals surface area contributed by atoms with Crippen LogP contribution in [0.4, 0.5) is 39.5 Å². The SMILES string of the molecule is Fc1c(F)c(F)c2c(c1F)-c1c(C(F)(F)F)nc(-c3ccccc3)nc1C2(F)F. The lowest BCUT2D eigenvalue weighted by atomic mass is 10.0. The molecule has 0 N–H and O–H groups in total. The molecule has 0 bridgehead atoms. The van der Waals surface area contributed by atoms with Gasteiger partial charge in [-0.1, -0.05) is 30.3 Å². The first-order valence-corrected chi connectivity index (χ1v) is 7.76. The summed E-state index contributed by atoms with van der Waals surface area (Å²) < 4.78 is 126. The second-order valence-electron chi connectivity index (χ2n) is 6.06. The van der Waals surface area contributed by atoms with Crippen molar-refractivity contribution in [3.05, 3.63) is 70.6 Å². The standard InChI is InChI=1S/C18H5F9N2/c19-10-7-8-14(17(23,24)9(7)11(20)13(22)12(10)21)28-16(6-4-2-1-3-5-6)29-15(8)18(25,26)27/h1-5H. The van der Waals surface area contributed by atoms with Crippen LogP contribution in [0.2, 0.25) is 0 Å². The van der Waals surface area contributed by atoms with Gasteiger partial charge in [-0.05, 0) is 0 Å². The Morgan fingerprint density at radius 2 is 1.31 bits per heavy atom. The third-order valence-corrected chi connectivity index (χ3v) is 4.34. The molecule has 0 unspecified atom stereocenters. The van der Waals surface area contributed by atoms with E-state index in [0.717, 1.165) is 0 Å². The van der Waals surface area contributed by atoms with Gasteiger partial charge in [0.15, 0.2) is 34.8 Å². The summed E-state index contributed by atoms with van der Waals surface area (Å²) in [5.74, 6) is -15.5. The van der Waals surface area contributed by atoms with Crippen LogP contribution in [0.5, 0.6) is 0 Å². The summed E-state index contributed by atoms with van der Waals surface area (Å²) in [6.45, 7) is 0. The van der Waals surface area contributed by atoms with Crippen molar-refractivity contribution in [1.82, 2.24) is 9.97 Å². The Morgan fingerprint density at radius 3 is 1.90 bits per heavy atom. The van der Waals surface area contributed by atoms with E-state index in [-0.39, 0.29) is 5.56 Å². The molecule has 1 aliphatic carbocycles. The van der Waals surface area contributed by atoms with E-state index in [4.69, 9.17) is 0 Å². The molecule has 2 aromatic carbocycles. The van der Waals surface area contributed by atoms with Crippen LogP contribution in [0.1, 0.15) is 17.0 Å². The predicted molar refractivity (Wildman–Crippen MR) is 80.7 cm³/mol. The molecule has 4 rings (SSSR count). The van der Waals surface area contributed by atoms with Gasteiger partial charge in [-0.3, -0.25) is 0 Å². The molecule has 0 saturated heterocycles. The zero-order valence-corrected chi connectivity index (χ0v) is 13.7. The summed E-state index contributed by atoms with van der Waals surface area (Å²) in [5.41, 5.74) is -9.26. The number of aromatic nitrogens is 2. The molecule has 0 aliphatic heterocycles. The zero-order chi connectivity index (χ0) is 21.3. The Bertz CT molecular complexity index is 1150. The van der Waals surface area contributed by atoms with Crippen LogP contribution in [0.15, 0.2) is 30.3 Å². The average molecular weight is 420 g/mol. The second kappa shape index (κ2) is 5.94. The topological polar surface area (TPSA) is 25.8 Å². The molecule has 0 radical (unpaired) electrons. The monoisotopic (exact) mass is 420 g/mol. The van der Waals surface area contributed by atoms with Gasteiger partial charge < -0.3 is 0 Å². The van der Waals surface area contributed by atoms with Gasteiger partial charge in [-0.25, -0.2) is 27.5 Å². The molecule has 1 heterocycles. The largest absolute Gasteiger partial charge is 0.434 e. The van der Waals surface area contributed by atoms with Crippen LogP contribution in [0.25, 0.3) is 22.5 Å². The highest BCUT2D eigenvalue weighted by Crippen LogP contribution is 2.56. The molecule has 3 aromatic rings. The van der Waals surface area contributed by atoms with E-state index in [0.29, 0.717) is 0 Å². The molecule has 150 valence electrons. The van der Waals surface area contributed by atoms with Gasteiger partial charge in [0.1, 0.15) is 5.69 Å². The van der Waals surface area contributed by atoms with Gasteiger partial charge in [0.2, 0.25) is 0 Å². The summed E-state index contributed by atoms with van der Waals surface area (Å²) >= 11 is 0. The van der Waals surface area contributed by atoms with Gasteiger partial charge in [0.25, 0.3) is 0 Å². The third kappa shape index (κ3) is 2.60. The van der Waals surface area contributed by atoms with E-state index in [9.17, 15) is 39.5 Å². The van der Waals surface area contributed by atoms with Crippen molar-refractivity contribution in [1.29, 1.82) is 0 Å². The number of fused-ring (bicyclic) bond motifs is 3. The third-order valence-electron chi connectivity index (χ3n) is 4.34. The Morgan fingerprint density at radius 1 is 0.724 bits per heavy atom. The average Bonchev–Trinajstić information content (AvgIpc) is 2.91. The van der Waals surface area contributed by atoms with E-state index in [2.05, 4.69) is 9.97 Å². The lowest BCUT2D eigenvalue weighted by Gasteiger charge is -2.15. The molecule has 29 heavy (non-hydrogen) atoms. The van der Waals surface area contributed by atoms with Gasteiger partial charge in [0, 0.05) is 16.7 Å².